The zero-order valence-electron chi connectivity index (χ0n) is 10.6. The molecule has 0 unspecified atom stereocenters. The number of nitrogens with one attached hydrogen (secondary N) is 1. The molecule has 1 aromatic carbocycles. The van der Waals surface area contributed by atoms with Gasteiger partial charge in [-0.25, -0.2) is 4.63 Å². The molecule has 0 saturated carbocycles. The molecule has 21 heavy (non-hydrogen) atoms. The van der Waals surface area contributed by atoms with Gasteiger partial charge >= 0.3 is 0 Å². The Bertz CT molecular complexity index is 691. The molecule has 1 aromatic heterocycles. The number of aromatic nitrogens is 2. The van der Waals surface area contributed by atoms with Gasteiger partial charge in [0.1, 0.15) is 6.73 Å². The Morgan fingerprint density at radius 1 is 1.24 bits per heavy atom. The number of anilines is 2. The van der Waals surface area contributed by atoms with Gasteiger partial charge in [0, 0.05) is 11.1 Å². The van der Waals surface area contributed by atoms with Crippen LogP contribution in [0.15, 0.2) is 28.9 Å². The van der Waals surface area contributed by atoms with E-state index < -0.39 is 17.4 Å². The molecule has 9 heteroatoms. The molecule has 0 fully saturated rings. The maximum absolute atomic E-state index is 12.1. The van der Waals surface area contributed by atoms with Gasteiger partial charge in [-0.15, -0.1) is 0 Å². The van der Waals surface area contributed by atoms with Crippen LogP contribution in [-0.2, 0) is 4.74 Å². The highest BCUT2D eigenvalue weighted by Gasteiger charge is 2.53. The molecule has 9 nitrogen and oxygen atoms in total. The van der Waals surface area contributed by atoms with E-state index in [0.29, 0.717) is 0 Å². The minimum Gasteiger partial charge on any atom is -0.378 e. The first-order valence-electron chi connectivity index (χ1n) is 5.91. The lowest BCUT2D eigenvalue weighted by molar-refractivity contribution is -0.125. The predicted octanol–water partition coefficient (Wildman–Crippen LogP) is -0.194. The standard InChI is InChI=1S/C12H10N4O5/c13-10-11(16-21-15-10)14-5-20-12(19)8(17)6-3-1-2-4-7(6)9(12)18/h1-4,19H,5H2,(H2,13,15)(H,14,16). The number of aliphatic hydroxyl groups is 1. The molecule has 1 heterocycles. The number of nitrogens with two attached hydrogens (primary N) is 1. The van der Waals surface area contributed by atoms with Crippen molar-refractivity contribution < 1.29 is 24.1 Å². The van der Waals surface area contributed by atoms with Crippen LogP contribution < -0.4 is 11.1 Å². The first kappa shape index (κ1) is 13.2. The molecular weight excluding hydrogens is 280 g/mol. The molecule has 0 bridgehead atoms. The molecule has 0 aliphatic heterocycles. The summed E-state index contributed by atoms with van der Waals surface area (Å²) in [6.45, 7) is -0.389. The predicted molar refractivity (Wildman–Crippen MR) is 68.3 cm³/mol. The Morgan fingerprint density at radius 2 is 1.86 bits per heavy atom. The van der Waals surface area contributed by atoms with Gasteiger partial charge in [0.2, 0.25) is 23.2 Å². The van der Waals surface area contributed by atoms with Crippen molar-refractivity contribution in [1.29, 1.82) is 0 Å². The summed E-state index contributed by atoms with van der Waals surface area (Å²) in [6, 6.07) is 6.08. The molecule has 1 aliphatic rings. The van der Waals surface area contributed by atoms with Crippen molar-refractivity contribution >= 4 is 23.2 Å². The first-order chi connectivity index (χ1) is 10.0. The van der Waals surface area contributed by atoms with E-state index in [2.05, 4.69) is 20.3 Å². The molecule has 4 N–H and O–H groups in total. The van der Waals surface area contributed by atoms with Crippen LogP contribution in [0.3, 0.4) is 0 Å². The Morgan fingerprint density at radius 3 is 2.38 bits per heavy atom. The number of hydrogen-bond acceptors (Lipinski definition) is 9. The van der Waals surface area contributed by atoms with E-state index in [9.17, 15) is 14.7 Å². The number of fused-ring (bicyclic) bond motifs is 1. The fourth-order valence-corrected chi connectivity index (χ4v) is 2.01. The van der Waals surface area contributed by atoms with E-state index >= 15 is 0 Å². The summed E-state index contributed by atoms with van der Waals surface area (Å²) >= 11 is 0. The summed E-state index contributed by atoms with van der Waals surface area (Å²) in [5, 5.41) is 19.5. The maximum atomic E-state index is 12.1. The van der Waals surface area contributed by atoms with Gasteiger partial charge in [-0.3, -0.25) is 9.59 Å². The van der Waals surface area contributed by atoms with Gasteiger partial charge in [0.05, 0.1) is 0 Å². The second-order valence-electron chi connectivity index (χ2n) is 4.31. The minimum atomic E-state index is -2.55. The lowest BCUT2D eigenvalue weighted by Crippen LogP contribution is -2.45. The Balaban J connectivity index is 1.75. The van der Waals surface area contributed by atoms with Crippen molar-refractivity contribution in [2.24, 2.45) is 0 Å². The van der Waals surface area contributed by atoms with Gasteiger partial charge in [-0.2, -0.15) is 0 Å². The number of nitrogens with zero attached hydrogens (tertiary/aromatic N) is 2. The van der Waals surface area contributed by atoms with Crippen LogP contribution in [0.25, 0.3) is 0 Å². The van der Waals surface area contributed by atoms with Gasteiger partial charge in [-0.05, 0) is 10.3 Å². The SMILES string of the molecule is Nc1nonc1NCOC1(O)C(=O)c2ccccc2C1=O. The molecule has 0 amide bonds. The number of hydrogen-bond donors (Lipinski definition) is 3. The second-order valence-corrected chi connectivity index (χ2v) is 4.31. The summed E-state index contributed by atoms with van der Waals surface area (Å²) < 4.78 is 9.35. The molecule has 0 saturated heterocycles. The summed E-state index contributed by atoms with van der Waals surface area (Å²) in [4.78, 5) is 24.2. The van der Waals surface area contributed by atoms with Crippen molar-refractivity contribution in [2.75, 3.05) is 17.8 Å². The number of nitrogen functional groups attached to an aromatic ring is 1. The van der Waals surface area contributed by atoms with E-state index in [1.807, 2.05) is 0 Å². The summed E-state index contributed by atoms with van der Waals surface area (Å²) in [5.41, 5.74) is 5.65. The van der Waals surface area contributed by atoms with Crippen LogP contribution in [-0.4, -0.2) is 39.5 Å². The number of Topliss-reactive ketones (excluding diaryl/α,β-unsaturated/α-hetero) is 2. The molecule has 0 spiro atoms. The van der Waals surface area contributed by atoms with Crippen molar-refractivity contribution in [3.05, 3.63) is 35.4 Å². The van der Waals surface area contributed by atoms with Crippen LogP contribution in [0.5, 0.6) is 0 Å². The normalized spacial score (nSPS) is 16.0. The van der Waals surface area contributed by atoms with Crippen LogP contribution in [0.2, 0.25) is 0 Å². The lowest BCUT2D eigenvalue weighted by atomic mass is 10.1. The number of ether oxygens (including phenoxy) is 1. The monoisotopic (exact) mass is 290 g/mol. The van der Waals surface area contributed by atoms with Crippen LogP contribution >= 0.6 is 0 Å². The minimum absolute atomic E-state index is 0.0158. The fraction of sp³-hybridized carbons (Fsp3) is 0.167. The van der Waals surface area contributed by atoms with Gasteiger partial charge in [0.25, 0.3) is 5.79 Å². The number of carbonyl (C=O) groups is 2. The van der Waals surface area contributed by atoms with E-state index in [1.165, 1.54) is 12.1 Å². The smallest absolute Gasteiger partial charge is 0.299 e. The van der Waals surface area contributed by atoms with Crippen molar-refractivity contribution in [3.8, 4) is 0 Å². The zero-order chi connectivity index (χ0) is 15.0. The van der Waals surface area contributed by atoms with E-state index in [4.69, 9.17) is 10.5 Å². The molecule has 0 atom stereocenters. The number of benzene rings is 1. The van der Waals surface area contributed by atoms with E-state index in [1.54, 1.807) is 12.1 Å². The Hall–Kier alpha value is -2.78. The van der Waals surface area contributed by atoms with Crippen LogP contribution in [0.4, 0.5) is 11.6 Å². The van der Waals surface area contributed by atoms with Crippen molar-refractivity contribution in [2.45, 2.75) is 5.79 Å². The van der Waals surface area contributed by atoms with Gasteiger partial charge < -0.3 is 20.9 Å². The average molecular weight is 290 g/mol. The zero-order valence-corrected chi connectivity index (χ0v) is 10.6. The second kappa shape index (κ2) is 4.65. The van der Waals surface area contributed by atoms with Gasteiger partial charge in [0.15, 0.2) is 0 Å². The molecule has 3 rings (SSSR count). The van der Waals surface area contributed by atoms with Crippen LogP contribution in [0.1, 0.15) is 20.7 Å². The molecule has 1 aliphatic carbocycles. The van der Waals surface area contributed by atoms with Crippen molar-refractivity contribution in [3.63, 3.8) is 0 Å². The Kier molecular flexibility index (Phi) is 2.92. The lowest BCUT2D eigenvalue weighted by Gasteiger charge is -2.19. The van der Waals surface area contributed by atoms with E-state index in [0.717, 1.165) is 0 Å². The van der Waals surface area contributed by atoms with E-state index in [-0.39, 0.29) is 29.5 Å². The fourth-order valence-electron chi connectivity index (χ4n) is 2.01. The highest BCUT2D eigenvalue weighted by molar-refractivity contribution is 6.30. The molecule has 108 valence electrons. The average Bonchev–Trinajstić information content (AvgIpc) is 2.97. The van der Waals surface area contributed by atoms with Crippen LogP contribution in [0, 0.1) is 0 Å². The first-order valence-corrected chi connectivity index (χ1v) is 5.91. The highest BCUT2D eigenvalue weighted by atomic mass is 16.6. The summed E-state index contributed by atoms with van der Waals surface area (Å²) in [5.74, 6) is -4.11. The molecular formula is C12H10N4O5. The largest absolute Gasteiger partial charge is 0.378 e. The summed E-state index contributed by atoms with van der Waals surface area (Å²) in [6.07, 6.45) is 0. The summed E-state index contributed by atoms with van der Waals surface area (Å²) in [7, 11) is 0. The molecule has 2 aromatic rings. The number of carbonyl (C=O) groups excluding carboxylic acids is 2. The Labute approximate surface area is 117 Å². The highest BCUT2D eigenvalue weighted by Crippen LogP contribution is 2.30. The van der Waals surface area contributed by atoms with Crippen molar-refractivity contribution in [1.82, 2.24) is 10.3 Å². The van der Waals surface area contributed by atoms with Gasteiger partial charge in [-0.1, -0.05) is 24.3 Å². The quantitative estimate of drug-likeness (QED) is 0.515. The third-order valence-electron chi connectivity index (χ3n) is 3.07. The maximum Gasteiger partial charge on any atom is 0.299 e. The third kappa shape index (κ3) is 1.95. The third-order valence-corrected chi connectivity index (χ3v) is 3.07. The number of rotatable bonds is 4. The topological polar surface area (TPSA) is 141 Å². The number of ketones is 2. The molecule has 0 radical (unpaired) electrons.